The van der Waals surface area contributed by atoms with Crippen molar-refractivity contribution in [2.75, 3.05) is 38.1 Å². The van der Waals surface area contributed by atoms with Gasteiger partial charge in [0.1, 0.15) is 9.53 Å². The zero-order chi connectivity index (χ0) is 17.6. The van der Waals surface area contributed by atoms with Crippen molar-refractivity contribution in [3.05, 3.63) is 50.8 Å². The van der Waals surface area contributed by atoms with Gasteiger partial charge in [-0.05, 0) is 25.2 Å². The molecule has 0 spiro atoms. The highest BCUT2D eigenvalue weighted by atomic mass is 32.1. The molecule has 0 bridgehead atoms. The van der Waals surface area contributed by atoms with Gasteiger partial charge in [-0.2, -0.15) is 0 Å². The molecule has 1 aromatic carbocycles. The van der Waals surface area contributed by atoms with Gasteiger partial charge in [0, 0.05) is 44.1 Å². The first-order valence-electron chi connectivity index (χ1n) is 7.98. The fourth-order valence-corrected chi connectivity index (χ4v) is 4.34. The van der Waals surface area contributed by atoms with Crippen molar-refractivity contribution in [2.24, 2.45) is 0 Å². The van der Waals surface area contributed by atoms with Gasteiger partial charge in [0.25, 0.3) is 5.69 Å². The van der Waals surface area contributed by atoms with Crippen LogP contribution in [0.3, 0.4) is 0 Å². The van der Waals surface area contributed by atoms with E-state index in [0.29, 0.717) is 20.3 Å². The van der Waals surface area contributed by atoms with Gasteiger partial charge in [-0.3, -0.25) is 14.9 Å². The summed E-state index contributed by atoms with van der Waals surface area (Å²) in [4.78, 5) is 33.2. The Kier molecular flexibility index (Phi) is 3.85. The van der Waals surface area contributed by atoms with Crippen molar-refractivity contribution < 1.29 is 4.92 Å². The summed E-state index contributed by atoms with van der Waals surface area (Å²) in [5.74, 6) is 0. The van der Waals surface area contributed by atoms with Crippen LogP contribution in [0.4, 0.5) is 11.4 Å². The van der Waals surface area contributed by atoms with Gasteiger partial charge in [-0.25, -0.2) is 4.98 Å². The number of likely N-dealkylation sites (N-methyl/N-ethyl adjacent to an activating group) is 1. The molecule has 25 heavy (non-hydrogen) atoms. The van der Waals surface area contributed by atoms with Gasteiger partial charge < -0.3 is 9.80 Å². The number of anilines is 1. The zero-order valence-electron chi connectivity index (χ0n) is 13.6. The van der Waals surface area contributed by atoms with Crippen molar-refractivity contribution in [1.82, 2.24) is 9.88 Å². The molecular formula is C17H16N4O3S. The average Bonchev–Trinajstić information content (AvgIpc) is 2.61. The Morgan fingerprint density at radius 1 is 1.20 bits per heavy atom. The number of pyridine rings is 1. The number of rotatable bonds is 2. The minimum Gasteiger partial charge on any atom is -0.368 e. The molecular weight excluding hydrogens is 340 g/mol. The third kappa shape index (κ3) is 2.63. The summed E-state index contributed by atoms with van der Waals surface area (Å²) in [6.07, 6.45) is 1.60. The SMILES string of the molecule is CN1CCN(c2ccc([N+](=O)[O-])c3sc4ncccc4c(=O)c23)CC1. The van der Waals surface area contributed by atoms with E-state index >= 15 is 0 Å². The molecule has 4 rings (SSSR count). The van der Waals surface area contributed by atoms with E-state index in [1.165, 1.54) is 17.4 Å². The van der Waals surface area contributed by atoms with E-state index in [2.05, 4.69) is 21.8 Å². The highest BCUT2D eigenvalue weighted by molar-refractivity contribution is 7.24. The predicted molar refractivity (Wildman–Crippen MR) is 99.8 cm³/mol. The fraction of sp³-hybridized carbons (Fsp3) is 0.294. The molecule has 128 valence electrons. The van der Waals surface area contributed by atoms with E-state index in [1.807, 2.05) is 0 Å². The van der Waals surface area contributed by atoms with E-state index in [0.717, 1.165) is 31.9 Å². The number of piperazine rings is 1. The lowest BCUT2D eigenvalue weighted by Crippen LogP contribution is -2.44. The van der Waals surface area contributed by atoms with Gasteiger partial charge in [-0.15, -0.1) is 11.3 Å². The monoisotopic (exact) mass is 356 g/mol. The Bertz CT molecular complexity index is 1040. The second-order valence-electron chi connectivity index (χ2n) is 6.14. The van der Waals surface area contributed by atoms with E-state index in [9.17, 15) is 14.9 Å². The van der Waals surface area contributed by atoms with Crippen LogP contribution < -0.4 is 10.3 Å². The van der Waals surface area contributed by atoms with Crippen LogP contribution in [-0.2, 0) is 0 Å². The maximum atomic E-state index is 13.1. The average molecular weight is 356 g/mol. The lowest BCUT2D eigenvalue weighted by molar-refractivity contribution is -0.382. The maximum absolute atomic E-state index is 13.1. The van der Waals surface area contributed by atoms with Crippen LogP contribution in [0.2, 0.25) is 0 Å². The van der Waals surface area contributed by atoms with Crippen LogP contribution in [0.1, 0.15) is 0 Å². The predicted octanol–water partition coefficient (Wildman–Crippen LogP) is 2.47. The maximum Gasteiger partial charge on any atom is 0.287 e. The lowest BCUT2D eigenvalue weighted by Gasteiger charge is -2.34. The van der Waals surface area contributed by atoms with Crippen LogP contribution in [0.5, 0.6) is 0 Å². The number of nitro benzene ring substituents is 1. The molecule has 1 fully saturated rings. The van der Waals surface area contributed by atoms with Gasteiger partial charge in [0.15, 0.2) is 5.43 Å². The van der Waals surface area contributed by atoms with Crippen LogP contribution in [0.15, 0.2) is 35.3 Å². The molecule has 0 unspecified atom stereocenters. The molecule has 1 aliphatic rings. The van der Waals surface area contributed by atoms with Crippen molar-refractivity contribution in [3.8, 4) is 0 Å². The smallest absolute Gasteiger partial charge is 0.287 e. The van der Waals surface area contributed by atoms with Gasteiger partial charge in [0.05, 0.1) is 15.7 Å². The summed E-state index contributed by atoms with van der Waals surface area (Å²) in [7, 11) is 2.06. The normalized spacial score (nSPS) is 15.8. The molecule has 0 atom stereocenters. The van der Waals surface area contributed by atoms with Crippen LogP contribution in [-0.4, -0.2) is 48.0 Å². The van der Waals surface area contributed by atoms with Crippen molar-refractivity contribution in [3.63, 3.8) is 0 Å². The van der Waals surface area contributed by atoms with Crippen LogP contribution in [0.25, 0.3) is 20.3 Å². The standard InChI is InChI=1S/C17H16N4O3S/c1-19-7-9-20(10-8-19)12-4-5-13(21(23)24)16-14(12)15(22)11-3-2-6-18-17(11)25-16/h2-6H,7-10H2,1H3. The molecule has 3 heterocycles. The molecule has 8 heteroatoms. The van der Waals surface area contributed by atoms with E-state index < -0.39 is 4.92 Å². The zero-order valence-corrected chi connectivity index (χ0v) is 14.5. The van der Waals surface area contributed by atoms with E-state index in [-0.39, 0.29) is 11.1 Å². The molecule has 0 radical (unpaired) electrons. The molecule has 2 aromatic heterocycles. The Labute approximate surface area is 147 Å². The quantitative estimate of drug-likeness (QED) is 0.399. The molecule has 0 saturated carbocycles. The first-order valence-corrected chi connectivity index (χ1v) is 8.80. The molecule has 3 aromatic rings. The molecule has 1 aliphatic heterocycles. The number of nitro groups is 1. The molecule has 7 nitrogen and oxygen atoms in total. The van der Waals surface area contributed by atoms with Crippen molar-refractivity contribution in [1.29, 1.82) is 0 Å². The van der Waals surface area contributed by atoms with Gasteiger partial charge >= 0.3 is 0 Å². The van der Waals surface area contributed by atoms with Crippen molar-refractivity contribution in [2.45, 2.75) is 0 Å². The number of non-ortho nitro benzene ring substituents is 1. The third-order valence-corrected chi connectivity index (χ3v) is 5.73. The fourth-order valence-electron chi connectivity index (χ4n) is 3.21. The first kappa shape index (κ1) is 15.9. The van der Waals surface area contributed by atoms with Crippen molar-refractivity contribution >= 4 is 43.0 Å². The Balaban J connectivity index is 2.04. The summed E-state index contributed by atoms with van der Waals surface area (Å²) in [5, 5.41) is 12.4. The lowest BCUT2D eigenvalue weighted by atomic mass is 10.1. The summed E-state index contributed by atoms with van der Waals surface area (Å²) < 4.78 is 0.401. The number of nitrogens with zero attached hydrogens (tertiary/aromatic N) is 4. The highest BCUT2D eigenvalue weighted by Gasteiger charge is 2.24. The van der Waals surface area contributed by atoms with Gasteiger partial charge in [-0.1, -0.05) is 0 Å². The minimum atomic E-state index is -0.430. The molecule has 1 saturated heterocycles. The Hall–Kier alpha value is -2.58. The number of benzene rings is 1. The number of hydrogen-bond acceptors (Lipinski definition) is 7. The highest BCUT2D eigenvalue weighted by Crippen LogP contribution is 2.36. The summed E-state index contributed by atoms with van der Waals surface area (Å²) in [6.45, 7) is 3.37. The summed E-state index contributed by atoms with van der Waals surface area (Å²) in [5.41, 5.74) is 0.553. The Morgan fingerprint density at radius 2 is 1.96 bits per heavy atom. The Morgan fingerprint density at radius 3 is 2.68 bits per heavy atom. The number of aromatic nitrogens is 1. The second kappa shape index (κ2) is 6.05. The number of hydrogen-bond donors (Lipinski definition) is 0. The molecule has 0 aliphatic carbocycles. The van der Waals surface area contributed by atoms with Crippen LogP contribution >= 0.6 is 11.3 Å². The minimum absolute atomic E-state index is 0.0393. The van der Waals surface area contributed by atoms with E-state index in [1.54, 1.807) is 24.4 Å². The number of fused-ring (bicyclic) bond motifs is 2. The largest absolute Gasteiger partial charge is 0.368 e. The summed E-state index contributed by atoms with van der Waals surface area (Å²) >= 11 is 1.21. The van der Waals surface area contributed by atoms with Gasteiger partial charge in [0.2, 0.25) is 0 Å². The molecule has 0 N–H and O–H groups in total. The first-order chi connectivity index (χ1) is 12.1. The molecule has 0 amide bonds. The second-order valence-corrected chi connectivity index (χ2v) is 7.14. The topological polar surface area (TPSA) is 79.6 Å². The summed E-state index contributed by atoms with van der Waals surface area (Å²) in [6, 6.07) is 6.66. The van der Waals surface area contributed by atoms with Crippen LogP contribution in [0, 0.1) is 10.1 Å². The van der Waals surface area contributed by atoms with E-state index in [4.69, 9.17) is 0 Å². The third-order valence-electron chi connectivity index (χ3n) is 4.60.